The maximum Gasteiger partial charge on any atom is 0.259 e. The molecule has 1 aliphatic carbocycles. The highest BCUT2D eigenvalue weighted by Gasteiger charge is 2.59. The van der Waals surface area contributed by atoms with Crippen molar-refractivity contribution in [2.75, 3.05) is 32.4 Å². The van der Waals surface area contributed by atoms with Gasteiger partial charge >= 0.3 is 0 Å². The normalized spacial score (nSPS) is 24.2. The molecule has 3 fully saturated rings. The molecule has 156 valence electrons. The number of carbonyl (C=O) groups excluding carboxylic acids is 1. The molecule has 1 unspecified atom stereocenters. The van der Waals surface area contributed by atoms with Gasteiger partial charge in [-0.05, 0) is 26.7 Å². The van der Waals surface area contributed by atoms with Crippen LogP contribution in [0.5, 0.6) is 0 Å². The van der Waals surface area contributed by atoms with E-state index in [-0.39, 0.29) is 11.8 Å². The topological polar surface area (TPSA) is 123 Å². The van der Waals surface area contributed by atoms with Crippen LogP contribution in [-0.2, 0) is 10.0 Å². The molecule has 0 N–H and O–H groups in total. The molecule has 5 rings (SSSR count). The van der Waals surface area contributed by atoms with E-state index >= 15 is 0 Å². The van der Waals surface area contributed by atoms with Crippen LogP contribution in [0.1, 0.15) is 58.2 Å². The Balaban J connectivity index is 1.41. The lowest BCUT2D eigenvalue weighted by Crippen LogP contribution is -2.61. The minimum Gasteiger partial charge on any atom is -0.361 e. The summed E-state index contributed by atoms with van der Waals surface area (Å²) in [6.07, 6.45) is 3.33. The summed E-state index contributed by atoms with van der Waals surface area (Å²) in [5.74, 6) is 1.65. The molecule has 2 saturated heterocycles. The molecule has 0 radical (unpaired) electrons. The molecule has 0 aromatic carbocycles. The molecule has 11 heteroatoms. The third-order valence-corrected chi connectivity index (χ3v) is 7.55. The van der Waals surface area contributed by atoms with Crippen molar-refractivity contribution in [3.05, 3.63) is 28.7 Å². The van der Waals surface area contributed by atoms with Crippen molar-refractivity contribution in [2.24, 2.45) is 5.41 Å². The third-order valence-electron chi connectivity index (χ3n) is 6.33. The molecule has 0 bridgehead atoms. The maximum absolute atomic E-state index is 12.9. The first-order valence-electron chi connectivity index (χ1n) is 9.69. The van der Waals surface area contributed by atoms with Gasteiger partial charge in [0.2, 0.25) is 15.9 Å². The fourth-order valence-corrected chi connectivity index (χ4v) is 5.45. The Morgan fingerprint density at radius 2 is 1.86 bits per heavy atom. The van der Waals surface area contributed by atoms with Gasteiger partial charge in [0.15, 0.2) is 5.82 Å². The van der Waals surface area contributed by atoms with Gasteiger partial charge in [0, 0.05) is 37.5 Å². The van der Waals surface area contributed by atoms with Gasteiger partial charge in [-0.2, -0.15) is 4.98 Å². The lowest BCUT2D eigenvalue weighted by molar-refractivity contribution is 0.00114. The molecule has 3 aliphatic rings. The number of aryl methyl sites for hydroxylation is 2. The average Bonchev–Trinajstić information content (AvgIpc) is 3.07. The lowest BCUT2D eigenvalue weighted by Gasteiger charge is -2.50. The first-order valence-corrected chi connectivity index (χ1v) is 11.5. The van der Waals surface area contributed by atoms with E-state index in [0.717, 1.165) is 12.8 Å². The zero-order valence-corrected chi connectivity index (χ0v) is 17.4. The second kappa shape index (κ2) is 6.11. The highest BCUT2D eigenvalue weighted by molar-refractivity contribution is 7.88. The minimum atomic E-state index is -3.37. The predicted octanol–water partition coefficient (Wildman–Crippen LogP) is 1.05. The van der Waals surface area contributed by atoms with Crippen LogP contribution in [0.25, 0.3) is 0 Å². The van der Waals surface area contributed by atoms with E-state index in [2.05, 4.69) is 15.3 Å². The van der Waals surface area contributed by atoms with Crippen molar-refractivity contribution in [3.63, 3.8) is 0 Å². The van der Waals surface area contributed by atoms with Crippen molar-refractivity contribution in [2.45, 2.75) is 38.5 Å². The number of sulfonamides is 1. The summed E-state index contributed by atoms with van der Waals surface area (Å²) in [6, 6.07) is 0. The van der Waals surface area contributed by atoms with Crippen molar-refractivity contribution < 1.29 is 22.3 Å². The summed E-state index contributed by atoms with van der Waals surface area (Å²) in [5, 5.41) is 7.95. The Morgan fingerprint density at radius 3 is 2.45 bits per heavy atom. The molecule has 10 nitrogen and oxygen atoms in total. The first kappa shape index (κ1) is 18.7. The van der Waals surface area contributed by atoms with Gasteiger partial charge < -0.3 is 13.9 Å². The Labute approximate surface area is 168 Å². The van der Waals surface area contributed by atoms with Crippen molar-refractivity contribution >= 4 is 15.9 Å². The Bertz CT molecular complexity index is 1060. The smallest absolute Gasteiger partial charge is 0.259 e. The molecule has 2 aromatic heterocycles. The Morgan fingerprint density at radius 1 is 1.14 bits per heavy atom. The van der Waals surface area contributed by atoms with Crippen LogP contribution in [0.4, 0.5) is 0 Å². The zero-order chi connectivity index (χ0) is 20.6. The second-order valence-electron chi connectivity index (χ2n) is 8.60. The van der Waals surface area contributed by atoms with Crippen molar-refractivity contribution in [1.82, 2.24) is 24.5 Å². The van der Waals surface area contributed by atoms with Crippen molar-refractivity contribution in [1.29, 1.82) is 0 Å². The molecule has 1 saturated carbocycles. The van der Waals surface area contributed by atoms with Crippen LogP contribution < -0.4 is 0 Å². The number of likely N-dealkylation sites (tertiary alicyclic amines) is 1. The van der Waals surface area contributed by atoms with Gasteiger partial charge in [0.1, 0.15) is 11.3 Å². The number of carbonyl (C=O) groups is 1. The van der Waals surface area contributed by atoms with E-state index in [1.54, 1.807) is 18.7 Å². The van der Waals surface area contributed by atoms with Gasteiger partial charge in [-0.25, -0.2) is 12.7 Å². The molecule has 2 aliphatic heterocycles. The minimum absolute atomic E-state index is 0.146. The summed E-state index contributed by atoms with van der Waals surface area (Å²) in [4.78, 5) is 19.2. The summed E-state index contributed by atoms with van der Waals surface area (Å²) in [6.45, 7) is 4.92. The van der Waals surface area contributed by atoms with Gasteiger partial charge in [0.05, 0.1) is 17.9 Å². The maximum atomic E-state index is 12.9. The van der Waals surface area contributed by atoms with Crippen LogP contribution >= 0.6 is 0 Å². The molecular formula is C18H23N5O5S. The molecule has 1 spiro atoms. The summed E-state index contributed by atoms with van der Waals surface area (Å²) in [5.41, 5.74) is 0.605. The van der Waals surface area contributed by atoms with Crippen LogP contribution in [0.3, 0.4) is 0 Å². The van der Waals surface area contributed by atoms with E-state index in [4.69, 9.17) is 9.05 Å². The summed E-state index contributed by atoms with van der Waals surface area (Å²) >= 11 is 0. The molecule has 1 atom stereocenters. The molecule has 4 heterocycles. The number of aromatic nitrogens is 3. The van der Waals surface area contributed by atoms with Crippen molar-refractivity contribution in [3.8, 4) is 0 Å². The van der Waals surface area contributed by atoms with E-state index < -0.39 is 15.4 Å². The second-order valence-corrected chi connectivity index (χ2v) is 10.6. The fourth-order valence-electron chi connectivity index (χ4n) is 4.54. The Kier molecular flexibility index (Phi) is 3.95. The number of nitrogens with zero attached hydrogens (tertiary/aromatic N) is 5. The molecule has 29 heavy (non-hydrogen) atoms. The SMILES string of the molecule is Cc1noc(C)c1C(=O)N1CC2(C1)CN(S(C)(=O)=O)CC2c1nc(C2CC2)no1. The molecule has 2 aromatic rings. The summed E-state index contributed by atoms with van der Waals surface area (Å²) in [7, 11) is -3.37. The van der Waals surface area contributed by atoms with Gasteiger partial charge in [-0.3, -0.25) is 4.79 Å². The average molecular weight is 421 g/mol. The van der Waals surface area contributed by atoms with E-state index in [0.29, 0.717) is 60.8 Å². The quantitative estimate of drug-likeness (QED) is 0.718. The predicted molar refractivity (Wildman–Crippen MR) is 99.7 cm³/mol. The van der Waals surface area contributed by atoms with Crippen LogP contribution in [0.15, 0.2) is 9.05 Å². The lowest BCUT2D eigenvalue weighted by atomic mass is 9.71. The summed E-state index contributed by atoms with van der Waals surface area (Å²) < 4.78 is 36.5. The van der Waals surface area contributed by atoms with E-state index in [9.17, 15) is 13.2 Å². The zero-order valence-electron chi connectivity index (χ0n) is 16.6. The fraction of sp³-hybridized carbons (Fsp3) is 0.667. The van der Waals surface area contributed by atoms with Gasteiger partial charge in [0.25, 0.3) is 5.91 Å². The van der Waals surface area contributed by atoms with Crippen LogP contribution in [-0.4, -0.2) is 71.3 Å². The van der Waals surface area contributed by atoms with Crippen LogP contribution in [0.2, 0.25) is 0 Å². The van der Waals surface area contributed by atoms with Gasteiger partial charge in [-0.15, -0.1) is 0 Å². The molecule has 1 amide bonds. The largest absolute Gasteiger partial charge is 0.361 e. The highest BCUT2D eigenvalue weighted by Crippen LogP contribution is 2.50. The van der Waals surface area contributed by atoms with E-state index in [1.165, 1.54) is 10.6 Å². The number of amides is 1. The third kappa shape index (κ3) is 2.98. The highest BCUT2D eigenvalue weighted by atomic mass is 32.2. The van der Waals surface area contributed by atoms with Gasteiger partial charge in [-0.1, -0.05) is 10.3 Å². The number of rotatable bonds is 4. The Hall–Kier alpha value is -2.27. The molecular weight excluding hydrogens is 398 g/mol. The first-order chi connectivity index (χ1) is 13.7. The number of hydrogen-bond donors (Lipinski definition) is 0. The van der Waals surface area contributed by atoms with Crippen LogP contribution in [0, 0.1) is 19.3 Å². The standard InChI is InChI=1S/C18H23N5O5S/c1-10-14(11(2)27-20-10)17(24)22-7-18(8-22)9-23(29(3,25)26)6-13(18)16-19-15(21-28-16)12-4-5-12/h12-13H,4-9H2,1-3H3. The van der Waals surface area contributed by atoms with E-state index in [1.807, 2.05) is 0 Å². The number of hydrogen-bond acceptors (Lipinski definition) is 8. The monoisotopic (exact) mass is 421 g/mol.